The maximum absolute atomic E-state index is 11.0. The summed E-state index contributed by atoms with van der Waals surface area (Å²) >= 11 is 0. The lowest BCUT2D eigenvalue weighted by molar-refractivity contribution is 0.0692. The quantitative estimate of drug-likeness (QED) is 0.355. The van der Waals surface area contributed by atoms with Crippen molar-refractivity contribution in [2.24, 2.45) is 17.8 Å². The third-order valence-electron chi connectivity index (χ3n) is 9.50. The van der Waals surface area contributed by atoms with E-state index in [4.69, 9.17) is 19.7 Å². The number of rotatable bonds is 8. The average Bonchev–Trinajstić information content (AvgIpc) is 3.27. The number of benzene rings is 1. The van der Waals surface area contributed by atoms with Gasteiger partial charge < -0.3 is 24.6 Å². The van der Waals surface area contributed by atoms with Gasteiger partial charge in [-0.2, -0.15) is 4.98 Å². The molecule has 2 aromatic heterocycles. The summed E-state index contributed by atoms with van der Waals surface area (Å²) in [5.41, 5.74) is 1.69. The Morgan fingerprint density at radius 1 is 1.05 bits per heavy atom. The Kier molecular flexibility index (Phi) is 7.75. The van der Waals surface area contributed by atoms with E-state index < -0.39 is 5.60 Å². The van der Waals surface area contributed by atoms with E-state index in [1.54, 1.807) is 13.8 Å². The molecule has 3 fully saturated rings. The molecule has 1 aromatic carbocycles. The molecule has 0 bridgehead atoms. The number of aliphatic hydroxyl groups is 1. The van der Waals surface area contributed by atoms with Gasteiger partial charge in [-0.05, 0) is 69.8 Å². The van der Waals surface area contributed by atoms with Crippen molar-refractivity contribution in [3.8, 4) is 0 Å². The van der Waals surface area contributed by atoms with E-state index in [2.05, 4.69) is 59.0 Å². The highest BCUT2D eigenvalue weighted by Gasteiger charge is 2.34. The molecule has 1 aliphatic heterocycles. The minimum Gasteiger partial charge on any atom is -0.382 e. The Bertz CT molecular complexity index is 1290. The van der Waals surface area contributed by atoms with E-state index in [9.17, 15) is 5.11 Å². The number of hydrogen-bond donors (Lipinski definition) is 2. The van der Waals surface area contributed by atoms with E-state index in [0.29, 0.717) is 42.6 Å². The number of ether oxygens (including phenoxy) is 1. The first-order chi connectivity index (χ1) is 19.3. The standard InChI is InChI=1S/C32H46N6O2/c1-21-13-15-23(16-14-21)19-38-27-28(33-22(2)24-11-8-12-24)34-30(32(3,4)39)35-29(27)36-31(38)37-17-18-40-20-26(37)25-9-6-5-7-10-25/h5-7,9-10,21-24,26,39H,8,11-20H2,1-4H3,(H,33,34,35)/t21?,22-,23?,26+/m1/s1. The van der Waals surface area contributed by atoms with Crippen LogP contribution >= 0.6 is 0 Å². The number of nitrogens with zero attached hydrogens (tertiary/aromatic N) is 5. The molecule has 1 saturated heterocycles. The predicted molar refractivity (Wildman–Crippen MR) is 159 cm³/mol. The molecule has 216 valence electrons. The number of nitrogens with one attached hydrogen (secondary N) is 1. The molecule has 0 radical (unpaired) electrons. The molecule has 6 rings (SSSR count). The fourth-order valence-corrected chi connectivity index (χ4v) is 6.63. The molecule has 0 unspecified atom stereocenters. The molecule has 8 heteroatoms. The molecule has 0 amide bonds. The number of fused-ring (bicyclic) bond motifs is 1. The monoisotopic (exact) mass is 546 g/mol. The van der Waals surface area contributed by atoms with Crippen molar-refractivity contribution < 1.29 is 9.84 Å². The normalized spacial score (nSPS) is 25.1. The average molecular weight is 547 g/mol. The Balaban J connectivity index is 1.49. The van der Waals surface area contributed by atoms with Gasteiger partial charge in [-0.25, -0.2) is 9.97 Å². The van der Waals surface area contributed by atoms with Crippen molar-refractivity contribution in [1.29, 1.82) is 0 Å². The van der Waals surface area contributed by atoms with Gasteiger partial charge in [0.05, 0.1) is 19.3 Å². The van der Waals surface area contributed by atoms with Crippen LogP contribution in [-0.2, 0) is 16.9 Å². The minimum absolute atomic E-state index is 0.0731. The van der Waals surface area contributed by atoms with Crippen LogP contribution in [0.5, 0.6) is 0 Å². The summed E-state index contributed by atoms with van der Waals surface area (Å²) in [5, 5.41) is 14.7. The van der Waals surface area contributed by atoms with Gasteiger partial charge in [0.15, 0.2) is 17.3 Å². The fraction of sp³-hybridized carbons (Fsp3) is 0.656. The highest BCUT2D eigenvalue weighted by atomic mass is 16.5. The summed E-state index contributed by atoms with van der Waals surface area (Å²) < 4.78 is 8.40. The van der Waals surface area contributed by atoms with Crippen LogP contribution in [0.4, 0.5) is 11.8 Å². The van der Waals surface area contributed by atoms with Crippen LogP contribution in [0.15, 0.2) is 30.3 Å². The van der Waals surface area contributed by atoms with Gasteiger partial charge in [-0.1, -0.05) is 56.5 Å². The van der Waals surface area contributed by atoms with Crippen molar-refractivity contribution in [2.45, 2.75) is 96.9 Å². The Hall–Kier alpha value is -2.71. The first-order valence-electron chi connectivity index (χ1n) is 15.4. The molecule has 2 aliphatic carbocycles. The van der Waals surface area contributed by atoms with Crippen molar-refractivity contribution in [3.63, 3.8) is 0 Å². The largest absolute Gasteiger partial charge is 0.382 e. The minimum atomic E-state index is -1.17. The van der Waals surface area contributed by atoms with Gasteiger partial charge in [-0.15, -0.1) is 0 Å². The van der Waals surface area contributed by atoms with Gasteiger partial charge in [0.2, 0.25) is 5.95 Å². The van der Waals surface area contributed by atoms with Crippen LogP contribution in [-0.4, -0.2) is 50.4 Å². The Labute approximate surface area is 238 Å². The number of hydrogen-bond acceptors (Lipinski definition) is 7. The highest BCUT2D eigenvalue weighted by Crippen LogP contribution is 2.38. The summed E-state index contributed by atoms with van der Waals surface area (Å²) in [4.78, 5) is 17.5. The zero-order valence-corrected chi connectivity index (χ0v) is 24.6. The molecule has 2 saturated carbocycles. The molecule has 3 heterocycles. The Morgan fingerprint density at radius 3 is 2.48 bits per heavy atom. The van der Waals surface area contributed by atoms with Crippen molar-refractivity contribution >= 4 is 22.9 Å². The molecule has 8 nitrogen and oxygen atoms in total. The first-order valence-corrected chi connectivity index (χ1v) is 15.4. The van der Waals surface area contributed by atoms with Crippen LogP contribution in [0.3, 0.4) is 0 Å². The van der Waals surface area contributed by atoms with Crippen LogP contribution in [0.2, 0.25) is 0 Å². The Morgan fingerprint density at radius 2 is 1.80 bits per heavy atom. The van der Waals surface area contributed by atoms with Crippen molar-refractivity contribution in [2.75, 3.05) is 30.0 Å². The van der Waals surface area contributed by atoms with Crippen LogP contribution in [0.25, 0.3) is 11.2 Å². The fourth-order valence-electron chi connectivity index (χ4n) is 6.63. The van der Waals surface area contributed by atoms with E-state index in [0.717, 1.165) is 36.3 Å². The summed E-state index contributed by atoms with van der Waals surface area (Å²) in [6.07, 6.45) is 8.81. The molecule has 2 atom stereocenters. The van der Waals surface area contributed by atoms with Crippen LogP contribution < -0.4 is 10.2 Å². The molecule has 0 spiro atoms. The lowest BCUT2D eigenvalue weighted by atomic mass is 9.80. The molecular weight excluding hydrogens is 500 g/mol. The SMILES string of the molecule is CC1CCC(Cn2c(N3CCOC[C@H]3c3ccccc3)nc3nc(C(C)(C)O)nc(N[C@H](C)C4CCC4)c32)CC1. The zero-order chi connectivity index (χ0) is 27.9. The number of morpholine rings is 1. The second kappa shape index (κ2) is 11.3. The summed E-state index contributed by atoms with van der Waals surface area (Å²) in [6, 6.07) is 11.0. The lowest BCUT2D eigenvalue weighted by Crippen LogP contribution is -2.41. The summed E-state index contributed by atoms with van der Waals surface area (Å²) in [7, 11) is 0. The molecule has 3 aliphatic rings. The predicted octanol–water partition coefficient (Wildman–Crippen LogP) is 6.06. The van der Waals surface area contributed by atoms with E-state index >= 15 is 0 Å². The van der Waals surface area contributed by atoms with Crippen LogP contribution in [0, 0.1) is 17.8 Å². The number of imidazole rings is 1. The molecule has 2 N–H and O–H groups in total. The van der Waals surface area contributed by atoms with Gasteiger partial charge >= 0.3 is 0 Å². The third-order valence-corrected chi connectivity index (χ3v) is 9.50. The van der Waals surface area contributed by atoms with Crippen molar-refractivity contribution in [3.05, 3.63) is 41.7 Å². The number of aromatic nitrogens is 4. The van der Waals surface area contributed by atoms with Crippen LogP contribution in [0.1, 0.15) is 90.1 Å². The van der Waals surface area contributed by atoms with E-state index in [-0.39, 0.29) is 6.04 Å². The molecule has 3 aromatic rings. The first kappa shape index (κ1) is 27.5. The summed E-state index contributed by atoms with van der Waals surface area (Å²) in [5.74, 6) is 4.19. The van der Waals surface area contributed by atoms with E-state index in [1.165, 1.54) is 50.5 Å². The van der Waals surface area contributed by atoms with Gasteiger partial charge in [-0.3, -0.25) is 0 Å². The molecule has 40 heavy (non-hydrogen) atoms. The number of anilines is 2. The smallest absolute Gasteiger partial charge is 0.208 e. The molecular formula is C32H46N6O2. The van der Waals surface area contributed by atoms with Crippen molar-refractivity contribution in [1.82, 2.24) is 19.5 Å². The van der Waals surface area contributed by atoms with Gasteiger partial charge in [0.25, 0.3) is 0 Å². The topological polar surface area (TPSA) is 88.3 Å². The lowest BCUT2D eigenvalue weighted by Gasteiger charge is -2.37. The summed E-state index contributed by atoms with van der Waals surface area (Å²) in [6.45, 7) is 11.1. The van der Waals surface area contributed by atoms with Gasteiger partial charge in [0, 0.05) is 19.1 Å². The maximum Gasteiger partial charge on any atom is 0.208 e. The second-order valence-electron chi connectivity index (χ2n) is 13.1. The highest BCUT2D eigenvalue weighted by molar-refractivity contribution is 5.86. The van der Waals surface area contributed by atoms with E-state index in [1.807, 2.05) is 0 Å². The maximum atomic E-state index is 11.0. The second-order valence-corrected chi connectivity index (χ2v) is 13.1. The third kappa shape index (κ3) is 5.57. The zero-order valence-electron chi connectivity index (χ0n) is 24.6. The van der Waals surface area contributed by atoms with Gasteiger partial charge in [0.1, 0.15) is 11.1 Å².